The maximum Gasteiger partial charge on any atom is 0.257 e. The highest BCUT2D eigenvalue weighted by molar-refractivity contribution is 5.95. The molecule has 162 valence electrons. The molecule has 6 nitrogen and oxygen atoms in total. The predicted molar refractivity (Wildman–Crippen MR) is 115 cm³/mol. The Morgan fingerprint density at radius 3 is 2.67 bits per heavy atom. The molecule has 1 atom stereocenters. The minimum absolute atomic E-state index is 0.104. The van der Waals surface area contributed by atoms with Gasteiger partial charge in [-0.15, -0.1) is 0 Å². The number of likely N-dealkylation sites (tertiary alicyclic amines) is 2. The van der Waals surface area contributed by atoms with E-state index in [1.807, 2.05) is 36.9 Å². The Morgan fingerprint density at radius 2 is 1.97 bits per heavy atom. The van der Waals surface area contributed by atoms with Crippen LogP contribution >= 0.6 is 0 Å². The van der Waals surface area contributed by atoms with Gasteiger partial charge in [0.2, 0.25) is 0 Å². The molecule has 2 fully saturated rings. The zero-order valence-corrected chi connectivity index (χ0v) is 18.5. The van der Waals surface area contributed by atoms with E-state index in [2.05, 4.69) is 11.0 Å². The van der Waals surface area contributed by atoms with Gasteiger partial charge in [0.25, 0.3) is 5.91 Å². The number of amides is 1. The van der Waals surface area contributed by atoms with Gasteiger partial charge in [-0.25, -0.2) is 0 Å². The summed E-state index contributed by atoms with van der Waals surface area (Å²) in [4.78, 5) is 17.6. The number of carbonyl (C=O) groups excluding carboxylic acids is 1. The van der Waals surface area contributed by atoms with Gasteiger partial charge in [-0.3, -0.25) is 9.69 Å². The number of methoxy groups -OCH3 is 2. The molecular weight excluding hydrogens is 380 g/mol. The van der Waals surface area contributed by atoms with Crippen LogP contribution in [0.25, 0.3) is 0 Å². The molecule has 4 rings (SSSR count). The SMILES string of the molecule is COc1cccc(CN2CCC[C@@]3(CCN(C(=O)c4cc(C)oc4C)C3)C2)c1OC. The summed E-state index contributed by atoms with van der Waals surface area (Å²) in [6, 6.07) is 7.92. The van der Waals surface area contributed by atoms with Gasteiger partial charge in [-0.1, -0.05) is 12.1 Å². The van der Waals surface area contributed by atoms with Gasteiger partial charge in [-0.05, 0) is 51.8 Å². The second-order valence-corrected chi connectivity index (χ2v) is 8.77. The van der Waals surface area contributed by atoms with Gasteiger partial charge >= 0.3 is 0 Å². The van der Waals surface area contributed by atoms with Crippen LogP contribution in [0.3, 0.4) is 0 Å². The Hall–Kier alpha value is -2.47. The number of aryl methyl sites for hydroxylation is 2. The molecule has 1 aromatic carbocycles. The maximum absolute atomic E-state index is 13.1. The average molecular weight is 413 g/mol. The first-order valence-electron chi connectivity index (χ1n) is 10.7. The summed E-state index contributed by atoms with van der Waals surface area (Å²) in [5.74, 6) is 3.20. The number of nitrogens with zero attached hydrogens (tertiary/aromatic N) is 2. The lowest BCUT2D eigenvalue weighted by Gasteiger charge is -2.40. The fourth-order valence-electron chi connectivity index (χ4n) is 5.22. The van der Waals surface area contributed by atoms with Crippen LogP contribution in [0.1, 0.15) is 46.7 Å². The first kappa shape index (κ1) is 20.8. The lowest BCUT2D eigenvalue weighted by molar-refractivity contribution is 0.0672. The predicted octanol–water partition coefficient (Wildman–Crippen LogP) is 4.04. The monoisotopic (exact) mass is 412 g/mol. The zero-order valence-electron chi connectivity index (χ0n) is 18.5. The van der Waals surface area contributed by atoms with Gasteiger partial charge in [0.1, 0.15) is 11.5 Å². The summed E-state index contributed by atoms with van der Waals surface area (Å²) in [6.45, 7) is 8.30. The standard InChI is InChI=1S/C24H32N2O4/c1-17-13-20(18(2)30-17)23(27)26-12-10-24(16-26)9-6-11-25(15-24)14-19-7-5-8-21(28-3)22(19)29-4/h5,7-8,13H,6,9-12,14-16H2,1-4H3/t24-/m1/s1. The largest absolute Gasteiger partial charge is 0.493 e. The smallest absolute Gasteiger partial charge is 0.257 e. The van der Waals surface area contributed by atoms with Gasteiger partial charge < -0.3 is 18.8 Å². The molecule has 0 saturated carbocycles. The Bertz CT molecular complexity index is 922. The summed E-state index contributed by atoms with van der Waals surface area (Å²) in [5.41, 5.74) is 2.02. The maximum atomic E-state index is 13.1. The third kappa shape index (κ3) is 3.93. The van der Waals surface area contributed by atoms with E-state index in [1.54, 1.807) is 14.2 Å². The number of hydrogen-bond donors (Lipinski definition) is 0. The van der Waals surface area contributed by atoms with E-state index < -0.39 is 0 Å². The molecule has 0 N–H and O–H groups in total. The first-order valence-corrected chi connectivity index (χ1v) is 10.7. The fourth-order valence-corrected chi connectivity index (χ4v) is 5.22. The number of piperidine rings is 1. The highest BCUT2D eigenvalue weighted by Gasteiger charge is 2.43. The second kappa shape index (κ2) is 8.34. The van der Waals surface area contributed by atoms with Crippen molar-refractivity contribution in [1.29, 1.82) is 0 Å². The molecule has 1 spiro atoms. The topological polar surface area (TPSA) is 55.2 Å². The lowest BCUT2D eigenvalue weighted by atomic mass is 9.79. The van der Waals surface area contributed by atoms with Crippen LogP contribution in [0.2, 0.25) is 0 Å². The van der Waals surface area contributed by atoms with Crippen molar-refractivity contribution in [3.8, 4) is 11.5 Å². The Labute approximate surface area is 178 Å². The van der Waals surface area contributed by atoms with Crippen LogP contribution in [0.4, 0.5) is 0 Å². The van der Waals surface area contributed by atoms with Gasteiger partial charge in [0, 0.05) is 37.2 Å². The summed E-state index contributed by atoms with van der Waals surface area (Å²) in [5, 5.41) is 0. The van der Waals surface area contributed by atoms with Crippen molar-refractivity contribution in [2.45, 2.75) is 39.7 Å². The van der Waals surface area contributed by atoms with Crippen molar-refractivity contribution in [2.75, 3.05) is 40.4 Å². The van der Waals surface area contributed by atoms with Crippen molar-refractivity contribution in [3.63, 3.8) is 0 Å². The number of ether oxygens (including phenoxy) is 2. The first-order chi connectivity index (χ1) is 14.4. The summed E-state index contributed by atoms with van der Waals surface area (Å²) >= 11 is 0. The van der Waals surface area contributed by atoms with Crippen LogP contribution in [0.15, 0.2) is 28.7 Å². The number of furan rings is 1. The molecule has 1 aromatic heterocycles. The Balaban J connectivity index is 1.46. The Morgan fingerprint density at radius 1 is 1.13 bits per heavy atom. The molecule has 0 radical (unpaired) electrons. The van der Waals surface area contributed by atoms with Crippen molar-refractivity contribution in [2.24, 2.45) is 5.41 Å². The quantitative estimate of drug-likeness (QED) is 0.742. The van der Waals surface area contributed by atoms with E-state index in [-0.39, 0.29) is 11.3 Å². The van der Waals surface area contributed by atoms with E-state index in [0.29, 0.717) is 11.3 Å². The second-order valence-electron chi connectivity index (χ2n) is 8.77. The van der Waals surface area contributed by atoms with Crippen molar-refractivity contribution in [1.82, 2.24) is 9.80 Å². The van der Waals surface area contributed by atoms with Crippen LogP contribution in [0, 0.1) is 19.3 Å². The fraction of sp³-hybridized carbons (Fsp3) is 0.542. The highest BCUT2D eigenvalue weighted by atomic mass is 16.5. The molecule has 2 aliphatic rings. The average Bonchev–Trinajstić information content (AvgIpc) is 3.29. The van der Waals surface area contributed by atoms with Crippen LogP contribution in [0.5, 0.6) is 11.5 Å². The van der Waals surface area contributed by atoms with Gasteiger partial charge in [-0.2, -0.15) is 0 Å². The lowest BCUT2D eigenvalue weighted by Crippen LogP contribution is -2.45. The minimum Gasteiger partial charge on any atom is -0.493 e. The van der Waals surface area contributed by atoms with E-state index in [9.17, 15) is 4.79 Å². The summed E-state index contributed by atoms with van der Waals surface area (Å²) in [7, 11) is 3.37. The summed E-state index contributed by atoms with van der Waals surface area (Å²) in [6.07, 6.45) is 3.38. The van der Waals surface area contributed by atoms with Gasteiger partial charge in [0.05, 0.1) is 19.8 Å². The molecule has 6 heteroatoms. The molecule has 2 aliphatic heterocycles. The molecule has 0 unspecified atom stereocenters. The number of hydrogen-bond acceptors (Lipinski definition) is 5. The molecule has 0 bridgehead atoms. The molecular formula is C24H32N2O4. The van der Waals surface area contributed by atoms with E-state index in [1.165, 1.54) is 6.42 Å². The molecule has 2 aromatic rings. The van der Waals surface area contributed by atoms with E-state index in [0.717, 1.165) is 68.4 Å². The molecule has 3 heterocycles. The zero-order chi connectivity index (χ0) is 21.3. The summed E-state index contributed by atoms with van der Waals surface area (Å²) < 4.78 is 16.7. The molecule has 0 aliphatic carbocycles. The minimum atomic E-state index is 0.104. The molecule has 2 saturated heterocycles. The number of para-hydroxylation sites is 1. The van der Waals surface area contributed by atoms with Crippen LogP contribution in [-0.4, -0.2) is 56.1 Å². The number of carbonyl (C=O) groups is 1. The van der Waals surface area contributed by atoms with Gasteiger partial charge in [0.15, 0.2) is 11.5 Å². The van der Waals surface area contributed by atoms with Crippen molar-refractivity contribution in [3.05, 3.63) is 46.9 Å². The van der Waals surface area contributed by atoms with Crippen molar-refractivity contribution < 1.29 is 18.7 Å². The third-order valence-electron chi connectivity index (χ3n) is 6.62. The highest BCUT2D eigenvalue weighted by Crippen LogP contribution is 2.41. The number of benzene rings is 1. The van der Waals surface area contributed by atoms with Crippen LogP contribution < -0.4 is 9.47 Å². The van der Waals surface area contributed by atoms with E-state index in [4.69, 9.17) is 13.9 Å². The van der Waals surface area contributed by atoms with Crippen molar-refractivity contribution >= 4 is 5.91 Å². The van der Waals surface area contributed by atoms with Crippen LogP contribution in [-0.2, 0) is 6.54 Å². The van der Waals surface area contributed by atoms with E-state index >= 15 is 0 Å². The number of rotatable bonds is 5. The third-order valence-corrected chi connectivity index (χ3v) is 6.62. The molecule has 1 amide bonds. The molecule has 30 heavy (non-hydrogen) atoms. The Kier molecular flexibility index (Phi) is 5.78. The normalized spacial score (nSPS) is 21.9.